The van der Waals surface area contributed by atoms with Crippen LogP contribution in [0.1, 0.15) is 10.4 Å². The van der Waals surface area contributed by atoms with Crippen molar-refractivity contribution < 1.29 is 9.53 Å². The number of hydrogen-bond acceptors (Lipinski definition) is 5. The van der Waals surface area contributed by atoms with E-state index in [0.29, 0.717) is 18.1 Å². The third-order valence-electron chi connectivity index (χ3n) is 4.74. The van der Waals surface area contributed by atoms with E-state index in [-0.39, 0.29) is 11.9 Å². The molecule has 2 saturated heterocycles. The van der Waals surface area contributed by atoms with Gasteiger partial charge in [0.2, 0.25) is 0 Å². The number of aromatic nitrogens is 3. The molecule has 0 aliphatic carbocycles. The van der Waals surface area contributed by atoms with Gasteiger partial charge >= 0.3 is 0 Å². The molecule has 7 heteroatoms. The topological polar surface area (TPSA) is 63.5 Å². The van der Waals surface area contributed by atoms with Gasteiger partial charge < -0.3 is 14.5 Å². The average Bonchev–Trinajstić information content (AvgIpc) is 2.98. The molecule has 0 spiro atoms. The lowest BCUT2D eigenvalue weighted by atomic mass is 10.1. The quantitative estimate of drug-likeness (QED) is 0.811. The Morgan fingerprint density at radius 1 is 1.12 bits per heavy atom. The third-order valence-corrected chi connectivity index (χ3v) is 4.74. The molecule has 3 heterocycles. The number of ether oxygens (including phenoxy) is 1. The van der Waals surface area contributed by atoms with E-state index >= 15 is 0 Å². The SMILES string of the molecule is CN1C[C@@H]2COC[C@H](C1)N(C(=O)c1ccccc1-n1cnnc1)C2. The fourth-order valence-corrected chi connectivity index (χ4v) is 3.69. The summed E-state index contributed by atoms with van der Waals surface area (Å²) in [6.45, 7) is 3.87. The minimum Gasteiger partial charge on any atom is -0.379 e. The molecule has 1 aromatic heterocycles. The van der Waals surface area contributed by atoms with Gasteiger partial charge in [0.1, 0.15) is 12.7 Å². The second-order valence-electron chi connectivity index (χ2n) is 6.62. The smallest absolute Gasteiger partial charge is 0.256 e. The van der Waals surface area contributed by atoms with Crippen molar-refractivity contribution in [3.63, 3.8) is 0 Å². The molecule has 2 bridgehead atoms. The summed E-state index contributed by atoms with van der Waals surface area (Å²) in [4.78, 5) is 17.6. The Labute approximate surface area is 140 Å². The van der Waals surface area contributed by atoms with Crippen molar-refractivity contribution in [1.82, 2.24) is 24.6 Å². The van der Waals surface area contributed by atoms with Crippen LogP contribution in [0.15, 0.2) is 36.9 Å². The van der Waals surface area contributed by atoms with Gasteiger partial charge in [-0.25, -0.2) is 0 Å². The lowest BCUT2D eigenvalue weighted by Crippen LogP contribution is -2.46. The molecule has 0 saturated carbocycles. The Balaban J connectivity index is 1.69. The second kappa shape index (κ2) is 6.33. The first-order chi connectivity index (χ1) is 11.7. The van der Waals surface area contributed by atoms with Gasteiger partial charge in [0, 0.05) is 25.6 Å². The normalized spacial score (nSPS) is 24.6. The number of amides is 1. The van der Waals surface area contributed by atoms with Crippen molar-refractivity contribution in [2.45, 2.75) is 6.04 Å². The zero-order chi connectivity index (χ0) is 16.5. The molecule has 126 valence electrons. The fourth-order valence-electron chi connectivity index (χ4n) is 3.69. The summed E-state index contributed by atoms with van der Waals surface area (Å²) in [7, 11) is 2.12. The van der Waals surface area contributed by atoms with E-state index < -0.39 is 0 Å². The van der Waals surface area contributed by atoms with Crippen LogP contribution < -0.4 is 0 Å². The molecule has 7 nitrogen and oxygen atoms in total. The Kier molecular flexibility index (Phi) is 4.03. The van der Waals surface area contributed by atoms with Crippen LogP contribution >= 0.6 is 0 Å². The number of likely N-dealkylation sites (N-methyl/N-ethyl adjacent to an activating group) is 1. The molecule has 0 N–H and O–H groups in total. The summed E-state index contributed by atoms with van der Waals surface area (Å²) in [6.07, 6.45) is 3.23. The molecule has 2 atom stereocenters. The molecule has 2 aromatic rings. The van der Waals surface area contributed by atoms with Gasteiger partial charge in [-0.15, -0.1) is 10.2 Å². The average molecular weight is 327 g/mol. The molecule has 2 fully saturated rings. The van der Waals surface area contributed by atoms with E-state index in [1.54, 1.807) is 17.2 Å². The Morgan fingerprint density at radius 2 is 1.92 bits per heavy atom. The van der Waals surface area contributed by atoms with E-state index in [1.807, 2.05) is 29.2 Å². The van der Waals surface area contributed by atoms with Crippen LogP contribution in [0.3, 0.4) is 0 Å². The summed E-state index contributed by atoms with van der Waals surface area (Å²) in [5.41, 5.74) is 1.48. The fraction of sp³-hybridized carbons (Fsp3) is 0.471. The largest absolute Gasteiger partial charge is 0.379 e. The molecule has 2 aliphatic heterocycles. The van der Waals surface area contributed by atoms with Gasteiger partial charge in [-0.05, 0) is 19.2 Å². The van der Waals surface area contributed by atoms with E-state index in [4.69, 9.17) is 4.74 Å². The Bertz CT molecular complexity index is 718. The molecule has 0 radical (unpaired) electrons. The van der Waals surface area contributed by atoms with Crippen molar-refractivity contribution in [3.8, 4) is 5.69 Å². The molecule has 1 aromatic carbocycles. The zero-order valence-corrected chi connectivity index (χ0v) is 13.7. The highest BCUT2D eigenvalue weighted by molar-refractivity contribution is 5.98. The maximum absolute atomic E-state index is 13.3. The van der Waals surface area contributed by atoms with Crippen LogP contribution in [0.4, 0.5) is 0 Å². The maximum atomic E-state index is 13.3. The molecular weight excluding hydrogens is 306 g/mol. The second-order valence-corrected chi connectivity index (χ2v) is 6.62. The predicted molar refractivity (Wildman–Crippen MR) is 88.0 cm³/mol. The standard InChI is InChI=1S/C17H21N5O2/c1-20-6-13-7-22(14(8-20)10-24-9-13)17(23)15-4-2-3-5-16(15)21-11-18-19-12-21/h2-5,11-14H,6-10H2,1H3/t13-,14-/m0/s1. The lowest BCUT2D eigenvalue weighted by Gasteiger charge is -2.30. The summed E-state index contributed by atoms with van der Waals surface area (Å²) in [5, 5.41) is 7.70. The van der Waals surface area contributed by atoms with E-state index in [2.05, 4.69) is 22.1 Å². The molecule has 1 amide bonds. The monoisotopic (exact) mass is 327 g/mol. The van der Waals surface area contributed by atoms with Crippen molar-refractivity contribution in [2.75, 3.05) is 39.9 Å². The number of nitrogens with zero attached hydrogens (tertiary/aromatic N) is 5. The lowest BCUT2D eigenvalue weighted by molar-refractivity contribution is 0.0483. The number of hydrogen-bond donors (Lipinski definition) is 0. The van der Waals surface area contributed by atoms with Gasteiger partial charge in [-0.1, -0.05) is 12.1 Å². The van der Waals surface area contributed by atoms with E-state index in [0.717, 1.165) is 31.9 Å². The molecular formula is C17H21N5O2. The highest BCUT2D eigenvalue weighted by Gasteiger charge is 2.35. The van der Waals surface area contributed by atoms with Crippen LogP contribution in [-0.4, -0.2) is 76.4 Å². The van der Waals surface area contributed by atoms with Gasteiger partial charge in [-0.2, -0.15) is 0 Å². The number of rotatable bonds is 2. The predicted octanol–water partition coefficient (Wildman–Crippen LogP) is 0.670. The van der Waals surface area contributed by atoms with Gasteiger partial charge in [-0.3, -0.25) is 9.36 Å². The van der Waals surface area contributed by atoms with Crippen molar-refractivity contribution >= 4 is 5.91 Å². The number of fused-ring (bicyclic) bond motifs is 3. The van der Waals surface area contributed by atoms with Crippen LogP contribution in [0, 0.1) is 5.92 Å². The first-order valence-corrected chi connectivity index (χ1v) is 8.23. The highest BCUT2D eigenvalue weighted by Crippen LogP contribution is 2.23. The summed E-state index contributed by atoms with van der Waals surface area (Å²) in [6, 6.07) is 7.70. The minimum absolute atomic E-state index is 0.0510. The first-order valence-electron chi connectivity index (χ1n) is 8.23. The van der Waals surface area contributed by atoms with Crippen molar-refractivity contribution in [2.24, 2.45) is 5.92 Å². The zero-order valence-electron chi connectivity index (χ0n) is 13.7. The first kappa shape index (κ1) is 15.3. The van der Waals surface area contributed by atoms with Crippen LogP contribution in [0.2, 0.25) is 0 Å². The molecule has 4 rings (SSSR count). The van der Waals surface area contributed by atoms with Crippen LogP contribution in [-0.2, 0) is 4.74 Å². The van der Waals surface area contributed by atoms with Crippen LogP contribution in [0.5, 0.6) is 0 Å². The van der Waals surface area contributed by atoms with Crippen molar-refractivity contribution in [1.29, 1.82) is 0 Å². The number of benzene rings is 1. The van der Waals surface area contributed by atoms with Crippen LogP contribution in [0.25, 0.3) is 5.69 Å². The number of carbonyl (C=O) groups excluding carboxylic acids is 1. The van der Waals surface area contributed by atoms with Crippen molar-refractivity contribution in [3.05, 3.63) is 42.5 Å². The minimum atomic E-state index is 0.0510. The highest BCUT2D eigenvalue weighted by atomic mass is 16.5. The molecule has 2 aliphatic rings. The van der Waals surface area contributed by atoms with Gasteiger partial charge in [0.25, 0.3) is 5.91 Å². The Morgan fingerprint density at radius 3 is 2.75 bits per heavy atom. The Hall–Kier alpha value is -2.25. The maximum Gasteiger partial charge on any atom is 0.256 e. The number of para-hydroxylation sites is 1. The van der Waals surface area contributed by atoms with Gasteiger partial charge in [0.05, 0.1) is 30.5 Å². The number of carbonyl (C=O) groups is 1. The van der Waals surface area contributed by atoms with E-state index in [9.17, 15) is 4.79 Å². The summed E-state index contributed by atoms with van der Waals surface area (Å²) >= 11 is 0. The molecule has 0 unspecified atom stereocenters. The summed E-state index contributed by atoms with van der Waals surface area (Å²) < 4.78 is 7.56. The summed E-state index contributed by atoms with van der Waals surface area (Å²) in [5.74, 6) is 0.406. The molecule has 24 heavy (non-hydrogen) atoms. The van der Waals surface area contributed by atoms with Gasteiger partial charge in [0.15, 0.2) is 0 Å². The third kappa shape index (κ3) is 2.81. The van der Waals surface area contributed by atoms with E-state index in [1.165, 1.54) is 0 Å².